The molecule has 2 rings (SSSR count). The molecule has 1 heterocycles. The summed E-state index contributed by atoms with van der Waals surface area (Å²) in [6.07, 6.45) is -4.60. The third-order valence-corrected chi connectivity index (χ3v) is 2.59. The first-order valence-electron chi connectivity index (χ1n) is 6.11. The van der Waals surface area contributed by atoms with Gasteiger partial charge in [0.05, 0.1) is 11.6 Å². The zero-order valence-corrected chi connectivity index (χ0v) is 11.7. The van der Waals surface area contributed by atoms with Crippen LogP contribution in [0.2, 0.25) is 0 Å². The normalized spacial score (nSPS) is 10.9. The van der Waals surface area contributed by atoms with Crippen molar-refractivity contribution < 1.29 is 17.9 Å². The minimum Gasteiger partial charge on any atom is -0.439 e. The van der Waals surface area contributed by atoms with Crippen LogP contribution in [0.15, 0.2) is 30.3 Å². The van der Waals surface area contributed by atoms with Crippen LogP contribution in [0.5, 0.6) is 11.6 Å². The van der Waals surface area contributed by atoms with Crippen molar-refractivity contribution >= 4 is 5.95 Å². The van der Waals surface area contributed by atoms with Crippen molar-refractivity contribution in [3.63, 3.8) is 0 Å². The fourth-order valence-corrected chi connectivity index (χ4v) is 1.53. The molecule has 0 amide bonds. The predicted molar refractivity (Wildman–Crippen MR) is 72.6 cm³/mol. The third kappa shape index (κ3) is 3.63. The molecule has 22 heavy (non-hydrogen) atoms. The van der Waals surface area contributed by atoms with E-state index in [0.717, 1.165) is 6.07 Å². The molecule has 5 nitrogen and oxygen atoms in total. The van der Waals surface area contributed by atoms with Crippen LogP contribution in [0.4, 0.5) is 19.1 Å². The van der Waals surface area contributed by atoms with E-state index in [0.29, 0.717) is 5.56 Å². The molecule has 0 saturated heterocycles. The number of aromatic nitrogens is 2. The first-order valence-corrected chi connectivity index (χ1v) is 6.11. The van der Waals surface area contributed by atoms with Crippen molar-refractivity contribution in [2.45, 2.75) is 6.18 Å². The van der Waals surface area contributed by atoms with Gasteiger partial charge in [-0.3, -0.25) is 0 Å². The maximum absolute atomic E-state index is 12.8. The highest BCUT2D eigenvalue weighted by molar-refractivity contribution is 5.38. The highest BCUT2D eigenvalue weighted by atomic mass is 19.4. The molecule has 1 aromatic heterocycles. The molecular formula is C14H11F3N4O. The fourth-order valence-electron chi connectivity index (χ4n) is 1.53. The van der Waals surface area contributed by atoms with Gasteiger partial charge in [0.1, 0.15) is 5.75 Å². The maximum Gasteiger partial charge on any atom is 0.433 e. The van der Waals surface area contributed by atoms with Gasteiger partial charge in [0.25, 0.3) is 0 Å². The minimum atomic E-state index is -4.60. The molecule has 0 bridgehead atoms. The zero-order valence-electron chi connectivity index (χ0n) is 11.7. The molecule has 114 valence electrons. The minimum absolute atomic E-state index is 0.113. The van der Waals surface area contributed by atoms with Gasteiger partial charge in [-0.1, -0.05) is 0 Å². The Hall–Kier alpha value is -2.82. The molecule has 0 aliphatic heterocycles. The number of anilines is 1. The number of halogens is 3. The Balaban J connectivity index is 2.37. The van der Waals surface area contributed by atoms with E-state index < -0.39 is 11.9 Å². The number of alkyl halides is 3. The summed E-state index contributed by atoms with van der Waals surface area (Å²) in [7, 11) is 3.06. The second-order valence-electron chi connectivity index (χ2n) is 4.52. The topological polar surface area (TPSA) is 62.0 Å². The zero-order chi connectivity index (χ0) is 16.3. The summed E-state index contributed by atoms with van der Waals surface area (Å²) in [5.41, 5.74) is -0.671. The van der Waals surface area contributed by atoms with Crippen LogP contribution in [0.25, 0.3) is 0 Å². The summed E-state index contributed by atoms with van der Waals surface area (Å²) < 4.78 is 43.9. The first kappa shape index (κ1) is 15.6. The number of nitrogens with zero attached hydrogens (tertiary/aromatic N) is 4. The van der Waals surface area contributed by atoms with Gasteiger partial charge in [-0.15, -0.1) is 0 Å². The van der Waals surface area contributed by atoms with E-state index in [-0.39, 0.29) is 17.6 Å². The van der Waals surface area contributed by atoms with Crippen molar-refractivity contribution in [3.05, 3.63) is 41.6 Å². The summed E-state index contributed by atoms with van der Waals surface area (Å²) in [6, 6.07) is 8.60. The van der Waals surface area contributed by atoms with Crippen LogP contribution in [-0.2, 0) is 6.18 Å². The fraction of sp³-hybridized carbons (Fsp3) is 0.214. The lowest BCUT2D eigenvalue weighted by atomic mass is 10.2. The van der Waals surface area contributed by atoms with Crippen LogP contribution >= 0.6 is 0 Å². The molecule has 0 unspecified atom stereocenters. The first-order chi connectivity index (χ1) is 10.3. The van der Waals surface area contributed by atoms with Gasteiger partial charge in [0.2, 0.25) is 11.8 Å². The maximum atomic E-state index is 12.8. The molecule has 8 heteroatoms. The van der Waals surface area contributed by atoms with Gasteiger partial charge in [-0.25, -0.2) is 4.98 Å². The quantitative estimate of drug-likeness (QED) is 0.871. The van der Waals surface area contributed by atoms with Crippen molar-refractivity contribution in [1.82, 2.24) is 9.97 Å². The van der Waals surface area contributed by atoms with Gasteiger partial charge < -0.3 is 9.64 Å². The lowest BCUT2D eigenvalue weighted by Crippen LogP contribution is -2.17. The molecule has 0 aliphatic carbocycles. The number of nitriles is 1. The monoisotopic (exact) mass is 308 g/mol. The van der Waals surface area contributed by atoms with Gasteiger partial charge in [0.15, 0.2) is 5.69 Å². The van der Waals surface area contributed by atoms with E-state index in [1.165, 1.54) is 43.3 Å². The second kappa shape index (κ2) is 5.89. The highest BCUT2D eigenvalue weighted by Gasteiger charge is 2.34. The smallest absolute Gasteiger partial charge is 0.433 e. The molecule has 0 atom stereocenters. The summed E-state index contributed by atoms with van der Waals surface area (Å²) >= 11 is 0. The van der Waals surface area contributed by atoms with E-state index in [1.807, 2.05) is 6.07 Å². The molecule has 0 saturated carbocycles. The largest absolute Gasteiger partial charge is 0.439 e. The Bertz CT molecular complexity index is 706. The van der Waals surface area contributed by atoms with E-state index in [1.54, 1.807) is 0 Å². The predicted octanol–water partition coefficient (Wildman–Crippen LogP) is 3.23. The summed E-state index contributed by atoms with van der Waals surface area (Å²) in [4.78, 5) is 8.70. The molecule has 0 radical (unpaired) electrons. The van der Waals surface area contributed by atoms with Gasteiger partial charge in [-0.2, -0.15) is 23.4 Å². The van der Waals surface area contributed by atoms with E-state index >= 15 is 0 Å². The Labute approximate surface area is 124 Å². The van der Waals surface area contributed by atoms with Crippen molar-refractivity contribution in [1.29, 1.82) is 5.26 Å². The summed E-state index contributed by atoms with van der Waals surface area (Å²) in [6.45, 7) is 0. The van der Waals surface area contributed by atoms with Crippen molar-refractivity contribution in [2.75, 3.05) is 19.0 Å². The molecule has 1 aromatic carbocycles. The lowest BCUT2D eigenvalue weighted by Gasteiger charge is -2.15. The molecule has 0 fully saturated rings. The van der Waals surface area contributed by atoms with Crippen molar-refractivity contribution in [2.24, 2.45) is 0 Å². The van der Waals surface area contributed by atoms with Gasteiger partial charge in [-0.05, 0) is 24.3 Å². The Morgan fingerprint density at radius 3 is 2.27 bits per heavy atom. The van der Waals surface area contributed by atoms with Crippen LogP contribution in [-0.4, -0.2) is 24.1 Å². The summed E-state index contributed by atoms with van der Waals surface area (Å²) in [5.74, 6) is -0.0651. The number of benzene rings is 1. The summed E-state index contributed by atoms with van der Waals surface area (Å²) in [5, 5.41) is 8.70. The number of hydrogen-bond donors (Lipinski definition) is 0. The lowest BCUT2D eigenvalue weighted by molar-refractivity contribution is -0.141. The van der Waals surface area contributed by atoms with Gasteiger partial charge >= 0.3 is 6.18 Å². The third-order valence-electron chi connectivity index (χ3n) is 2.59. The van der Waals surface area contributed by atoms with Crippen LogP contribution < -0.4 is 9.64 Å². The number of ether oxygens (including phenoxy) is 1. The standard InChI is InChI=1S/C14H11F3N4O/c1-21(2)13-19-11(14(15,16)17)7-12(20-13)22-10-5-3-9(8-18)4-6-10/h3-7H,1-2H3. The average Bonchev–Trinajstić information content (AvgIpc) is 2.46. The van der Waals surface area contributed by atoms with E-state index in [4.69, 9.17) is 10.00 Å². The van der Waals surface area contributed by atoms with Crippen LogP contribution in [0.1, 0.15) is 11.3 Å². The second-order valence-corrected chi connectivity index (χ2v) is 4.52. The van der Waals surface area contributed by atoms with Crippen LogP contribution in [0.3, 0.4) is 0 Å². The molecule has 0 N–H and O–H groups in total. The van der Waals surface area contributed by atoms with E-state index in [9.17, 15) is 13.2 Å². The molecule has 0 spiro atoms. The molecular weight excluding hydrogens is 297 g/mol. The Kier molecular flexibility index (Phi) is 4.17. The Morgan fingerprint density at radius 2 is 1.77 bits per heavy atom. The van der Waals surface area contributed by atoms with E-state index in [2.05, 4.69) is 9.97 Å². The number of rotatable bonds is 3. The molecule has 0 aliphatic rings. The van der Waals surface area contributed by atoms with Gasteiger partial charge in [0, 0.05) is 20.2 Å². The molecule has 2 aromatic rings. The SMILES string of the molecule is CN(C)c1nc(Oc2ccc(C#N)cc2)cc(C(F)(F)F)n1. The van der Waals surface area contributed by atoms with Crippen molar-refractivity contribution in [3.8, 4) is 17.7 Å². The van der Waals surface area contributed by atoms with Crippen LogP contribution in [0, 0.1) is 11.3 Å². The highest BCUT2D eigenvalue weighted by Crippen LogP contribution is 2.32. The number of hydrogen-bond acceptors (Lipinski definition) is 5. The average molecular weight is 308 g/mol. The Morgan fingerprint density at radius 1 is 1.14 bits per heavy atom.